The molecule has 0 saturated carbocycles. The molecule has 1 N–H and O–H groups in total. The fourth-order valence-corrected chi connectivity index (χ4v) is 2.99. The van der Waals surface area contributed by atoms with Gasteiger partial charge in [-0.1, -0.05) is 22.9 Å². The molecule has 1 heterocycles. The summed E-state index contributed by atoms with van der Waals surface area (Å²) < 4.78 is 1.88. The predicted molar refractivity (Wildman–Crippen MR) is 105 cm³/mol. The Morgan fingerprint density at radius 1 is 1.33 bits per heavy atom. The van der Waals surface area contributed by atoms with Gasteiger partial charge in [0, 0.05) is 17.0 Å². The topological polar surface area (TPSA) is 111 Å². The largest absolute Gasteiger partial charge is 0.508 e. The van der Waals surface area contributed by atoms with Gasteiger partial charge in [0.25, 0.3) is 11.2 Å². The highest BCUT2D eigenvalue weighted by Crippen LogP contribution is 2.22. The lowest BCUT2D eigenvalue weighted by molar-refractivity contribution is -0.385. The lowest BCUT2D eigenvalue weighted by Crippen LogP contribution is -2.22. The number of nitrogens with zero attached hydrogens (tertiary/aromatic N) is 4. The van der Waals surface area contributed by atoms with Gasteiger partial charge in [-0.15, -0.1) is 0 Å². The van der Waals surface area contributed by atoms with E-state index in [0.717, 1.165) is 15.6 Å². The Hall–Kier alpha value is -3.07. The SMILES string of the molecule is CCCc1nc2ccc(Br)cc2c(=O)n1N=Cc1cc(O)ccc1[N+](=O)[O-]. The van der Waals surface area contributed by atoms with Crippen molar-refractivity contribution in [1.82, 2.24) is 9.66 Å². The molecule has 2 aromatic carbocycles. The maximum Gasteiger partial charge on any atom is 0.282 e. The molecule has 138 valence electrons. The van der Waals surface area contributed by atoms with Crippen LogP contribution in [0, 0.1) is 10.1 Å². The number of aromatic hydroxyl groups is 1. The Morgan fingerprint density at radius 2 is 2.11 bits per heavy atom. The van der Waals surface area contributed by atoms with Crippen molar-refractivity contribution in [3.05, 3.63) is 72.7 Å². The molecule has 0 saturated heterocycles. The number of hydrogen-bond donors (Lipinski definition) is 1. The molecule has 0 unspecified atom stereocenters. The molecule has 0 aliphatic heterocycles. The van der Waals surface area contributed by atoms with Crippen LogP contribution in [0.4, 0.5) is 5.69 Å². The monoisotopic (exact) mass is 430 g/mol. The first kappa shape index (κ1) is 18.7. The van der Waals surface area contributed by atoms with Crippen molar-refractivity contribution in [3.63, 3.8) is 0 Å². The van der Waals surface area contributed by atoms with Crippen molar-refractivity contribution in [2.24, 2.45) is 5.10 Å². The van der Waals surface area contributed by atoms with Gasteiger partial charge in [-0.25, -0.2) is 4.98 Å². The summed E-state index contributed by atoms with van der Waals surface area (Å²) in [6, 6.07) is 8.82. The number of nitro groups is 1. The van der Waals surface area contributed by atoms with Crippen LogP contribution in [-0.4, -0.2) is 25.9 Å². The average Bonchev–Trinajstić information content (AvgIpc) is 2.62. The average molecular weight is 431 g/mol. The summed E-state index contributed by atoms with van der Waals surface area (Å²) in [6.45, 7) is 1.95. The summed E-state index contributed by atoms with van der Waals surface area (Å²) in [5.74, 6) is 0.320. The second kappa shape index (κ2) is 7.67. The van der Waals surface area contributed by atoms with Gasteiger partial charge >= 0.3 is 0 Å². The summed E-state index contributed by atoms with van der Waals surface area (Å²) in [5.41, 5.74) is 0.0482. The van der Waals surface area contributed by atoms with Crippen LogP contribution in [0.1, 0.15) is 24.7 Å². The highest BCUT2D eigenvalue weighted by atomic mass is 79.9. The minimum atomic E-state index is -0.577. The summed E-state index contributed by atoms with van der Waals surface area (Å²) in [4.78, 5) is 28.0. The second-order valence-electron chi connectivity index (χ2n) is 5.80. The standard InChI is InChI=1S/C18H15BrN4O4/c1-2-3-17-21-15-6-4-12(19)9-14(15)18(25)22(17)20-10-11-8-13(24)5-7-16(11)23(26)27/h4-10,24H,2-3H2,1H3. The molecular formula is C18H15BrN4O4. The van der Waals surface area contributed by atoms with E-state index in [1.165, 1.54) is 24.4 Å². The number of nitro benzene ring substituents is 1. The van der Waals surface area contributed by atoms with Gasteiger partial charge in [0.2, 0.25) is 0 Å². The smallest absolute Gasteiger partial charge is 0.282 e. The van der Waals surface area contributed by atoms with Gasteiger partial charge in [0.1, 0.15) is 11.6 Å². The summed E-state index contributed by atoms with van der Waals surface area (Å²) >= 11 is 3.33. The minimum absolute atomic E-state index is 0.0867. The molecule has 9 heteroatoms. The zero-order chi connectivity index (χ0) is 19.6. The zero-order valence-corrected chi connectivity index (χ0v) is 15.9. The Morgan fingerprint density at radius 3 is 2.81 bits per heavy atom. The van der Waals surface area contributed by atoms with Crippen LogP contribution < -0.4 is 5.56 Å². The zero-order valence-electron chi connectivity index (χ0n) is 14.3. The van der Waals surface area contributed by atoms with Crippen LogP contribution in [0.3, 0.4) is 0 Å². The van der Waals surface area contributed by atoms with Crippen molar-refractivity contribution in [3.8, 4) is 5.75 Å². The van der Waals surface area contributed by atoms with Crippen LogP contribution >= 0.6 is 15.9 Å². The van der Waals surface area contributed by atoms with E-state index in [1.54, 1.807) is 18.2 Å². The summed E-state index contributed by atoms with van der Waals surface area (Å²) in [5, 5.41) is 25.3. The first-order valence-electron chi connectivity index (χ1n) is 8.13. The highest BCUT2D eigenvalue weighted by Gasteiger charge is 2.14. The van der Waals surface area contributed by atoms with E-state index in [4.69, 9.17) is 0 Å². The molecule has 0 amide bonds. The van der Waals surface area contributed by atoms with Crippen LogP contribution in [0.5, 0.6) is 5.75 Å². The number of phenolic OH excluding ortho intramolecular Hbond substituents is 1. The number of phenols is 1. The van der Waals surface area contributed by atoms with E-state index in [-0.39, 0.29) is 22.6 Å². The van der Waals surface area contributed by atoms with Crippen LogP contribution in [0.15, 0.2) is 50.8 Å². The molecule has 0 fully saturated rings. The summed E-state index contributed by atoms with van der Waals surface area (Å²) in [7, 11) is 0. The molecule has 0 atom stereocenters. The van der Waals surface area contributed by atoms with E-state index in [2.05, 4.69) is 26.0 Å². The predicted octanol–water partition coefficient (Wildman–Crippen LogP) is 3.61. The lowest BCUT2D eigenvalue weighted by Gasteiger charge is -2.08. The minimum Gasteiger partial charge on any atom is -0.508 e. The Balaban J connectivity index is 2.19. The molecule has 0 aliphatic carbocycles. The number of fused-ring (bicyclic) bond motifs is 1. The van der Waals surface area contributed by atoms with Gasteiger partial charge in [0.15, 0.2) is 0 Å². The molecular weight excluding hydrogens is 416 g/mol. The Labute approximate surface area is 162 Å². The number of aromatic nitrogens is 2. The van der Waals surface area contributed by atoms with Gasteiger partial charge in [-0.2, -0.15) is 9.78 Å². The lowest BCUT2D eigenvalue weighted by atomic mass is 10.2. The van der Waals surface area contributed by atoms with E-state index in [9.17, 15) is 20.0 Å². The van der Waals surface area contributed by atoms with Crippen LogP contribution in [-0.2, 0) is 6.42 Å². The molecule has 0 aliphatic rings. The van der Waals surface area contributed by atoms with Gasteiger partial charge in [-0.3, -0.25) is 14.9 Å². The quantitative estimate of drug-likeness (QED) is 0.377. The maximum absolute atomic E-state index is 12.9. The van der Waals surface area contributed by atoms with E-state index >= 15 is 0 Å². The first-order valence-corrected chi connectivity index (χ1v) is 8.93. The normalized spacial score (nSPS) is 11.3. The molecule has 0 spiro atoms. The van der Waals surface area contributed by atoms with E-state index in [0.29, 0.717) is 23.1 Å². The number of aryl methyl sites for hydroxylation is 1. The van der Waals surface area contributed by atoms with Crippen molar-refractivity contribution in [2.45, 2.75) is 19.8 Å². The highest BCUT2D eigenvalue weighted by molar-refractivity contribution is 9.10. The summed E-state index contributed by atoms with van der Waals surface area (Å²) in [6.07, 6.45) is 2.45. The third kappa shape index (κ3) is 3.87. The molecule has 27 heavy (non-hydrogen) atoms. The molecule has 3 rings (SSSR count). The van der Waals surface area contributed by atoms with Crippen molar-refractivity contribution in [1.29, 1.82) is 0 Å². The maximum atomic E-state index is 12.9. The van der Waals surface area contributed by atoms with Gasteiger partial charge < -0.3 is 5.11 Å². The second-order valence-corrected chi connectivity index (χ2v) is 6.72. The first-order chi connectivity index (χ1) is 12.9. The molecule has 1 aromatic heterocycles. The number of hydrogen-bond acceptors (Lipinski definition) is 6. The third-order valence-electron chi connectivity index (χ3n) is 3.87. The van der Waals surface area contributed by atoms with Gasteiger partial charge in [-0.05, 0) is 36.8 Å². The number of halogens is 1. The van der Waals surface area contributed by atoms with E-state index < -0.39 is 4.92 Å². The van der Waals surface area contributed by atoms with Crippen LogP contribution in [0.25, 0.3) is 10.9 Å². The van der Waals surface area contributed by atoms with Crippen molar-refractivity contribution in [2.75, 3.05) is 0 Å². The number of rotatable bonds is 5. The van der Waals surface area contributed by atoms with Gasteiger partial charge in [0.05, 0.1) is 27.6 Å². The molecule has 8 nitrogen and oxygen atoms in total. The van der Waals surface area contributed by atoms with Crippen molar-refractivity contribution >= 4 is 38.7 Å². The van der Waals surface area contributed by atoms with Crippen molar-refractivity contribution < 1.29 is 10.0 Å². The fourth-order valence-electron chi connectivity index (χ4n) is 2.63. The third-order valence-corrected chi connectivity index (χ3v) is 4.36. The van der Waals surface area contributed by atoms with Crippen LogP contribution in [0.2, 0.25) is 0 Å². The number of benzene rings is 2. The fraction of sp³-hybridized carbons (Fsp3) is 0.167. The van der Waals surface area contributed by atoms with E-state index in [1.807, 2.05) is 6.92 Å². The molecule has 3 aromatic rings. The molecule has 0 radical (unpaired) electrons. The molecule has 0 bridgehead atoms. The Bertz CT molecular complexity index is 1120. The Kier molecular flexibility index (Phi) is 5.31.